The molecule has 0 radical (unpaired) electrons. The Bertz CT molecular complexity index is 914. The fraction of sp³-hybridized carbons (Fsp3) is 0.118. The molecule has 0 saturated heterocycles. The average molecular weight is 369 g/mol. The fourth-order valence-corrected chi connectivity index (χ4v) is 3.06. The number of hydrogen-bond acceptors (Lipinski definition) is 3. The van der Waals surface area contributed by atoms with E-state index < -0.39 is 0 Å². The van der Waals surface area contributed by atoms with Crippen LogP contribution in [0.2, 0.25) is 0 Å². The van der Waals surface area contributed by atoms with Crippen molar-refractivity contribution in [2.24, 2.45) is 5.10 Å². The van der Waals surface area contributed by atoms with Gasteiger partial charge in [-0.25, -0.2) is 10.4 Å². The normalized spacial score (nSPS) is 17.9. The first-order valence-corrected chi connectivity index (χ1v) is 8.05. The van der Waals surface area contributed by atoms with Crippen molar-refractivity contribution in [3.05, 3.63) is 64.9 Å². The lowest BCUT2D eigenvalue weighted by Crippen LogP contribution is -2.36. The molecule has 1 aromatic heterocycles. The number of nitrogens with zero attached hydrogens (tertiary/aromatic N) is 3. The summed E-state index contributed by atoms with van der Waals surface area (Å²) in [6.45, 7) is 0. The molecule has 0 bridgehead atoms. The van der Waals surface area contributed by atoms with E-state index in [2.05, 4.69) is 31.4 Å². The SMILES string of the molecule is O=C1NN=C(c2ccc(Br)cc2)CC1n1cnc2ccccc21. The summed E-state index contributed by atoms with van der Waals surface area (Å²) in [5, 5.41) is 4.22. The molecule has 0 aliphatic carbocycles. The number of rotatable bonds is 2. The second-order valence-corrected chi connectivity index (χ2v) is 6.32. The molecular weight excluding hydrogens is 356 g/mol. The summed E-state index contributed by atoms with van der Waals surface area (Å²) in [6, 6.07) is 15.4. The fourth-order valence-electron chi connectivity index (χ4n) is 2.79. The minimum atomic E-state index is -0.349. The van der Waals surface area contributed by atoms with Crippen molar-refractivity contribution in [2.75, 3.05) is 0 Å². The van der Waals surface area contributed by atoms with E-state index in [1.54, 1.807) is 6.33 Å². The number of para-hydroxylation sites is 2. The molecule has 3 aromatic rings. The first-order chi connectivity index (χ1) is 11.2. The molecule has 4 rings (SSSR count). The van der Waals surface area contributed by atoms with Gasteiger partial charge in [-0.05, 0) is 29.8 Å². The zero-order valence-electron chi connectivity index (χ0n) is 12.1. The zero-order valence-corrected chi connectivity index (χ0v) is 13.7. The standard InChI is InChI=1S/C17H13BrN4O/c18-12-7-5-11(6-8-12)14-9-16(17(23)21-20-14)22-10-19-13-3-1-2-4-15(13)22/h1-8,10,16H,9H2,(H,21,23). The Morgan fingerprint density at radius 3 is 2.74 bits per heavy atom. The van der Waals surface area contributed by atoms with Gasteiger partial charge in [0, 0.05) is 10.9 Å². The molecule has 1 aliphatic heterocycles. The molecule has 0 spiro atoms. The van der Waals surface area contributed by atoms with Crippen LogP contribution < -0.4 is 5.43 Å². The van der Waals surface area contributed by atoms with Gasteiger partial charge in [0.05, 0.1) is 23.1 Å². The van der Waals surface area contributed by atoms with Crippen molar-refractivity contribution in [1.82, 2.24) is 15.0 Å². The van der Waals surface area contributed by atoms with E-state index in [1.807, 2.05) is 53.1 Å². The molecule has 1 aliphatic rings. The number of carbonyl (C=O) groups excluding carboxylic acids is 1. The third kappa shape index (κ3) is 2.55. The number of hydrogen-bond donors (Lipinski definition) is 1. The number of fused-ring (bicyclic) bond motifs is 1. The highest BCUT2D eigenvalue weighted by atomic mass is 79.9. The molecule has 0 saturated carbocycles. The molecule has 1 N–H and O–H groups in total. The van der Waals surface area contributed by atoms with Crippen LogP contribution in [0.25, 0.3) is 11.0 Å². The van der Waals surface area contributed by atoms with Crippen LogP contribution in [0.3, 0.4) is 0 Å². The van der Waals surface area contributed by atoms with Gasteiger partial charge in [0.25, 0.3) is 5.91 Å². The monoisotopic (exact) mass is 368 g/mol. The Kier molecular flexibility index (Phi) is 3.46. The van der Waals surface area contributed by atoms with Crippen molar-refractivity contribution >= 4 is 38.6 Å². The van der Waals surface area contributed by atoms with Crippen LogP contribution in [0.5, 0.6) is 0 Å². The van der Waals surface area contributed by atoms with Gasteiger partial charge in [-0.3, -0.25) is 4.79 Å². The molecule has 23 heavy (non-hydrogen) atoms. The topological polar surface area (TPSA) is 59.3 Å². The maximum Gasteiger partial charge on any atom is 0.263 e. The maximum atomic E-state index is 12.3. The lowest BCUT2D eigenvalue weighted by atomic mass is 10.0. The maximum absolute atomic E-state index is 12.3. The van der Waals surface area contributed by atoms with Gasteiger partial charge < -0.3 is 4.57 Å². The molecule has 2 aromatic carbocycles. The molecule has 1 atom stereocenters. The Balaban J connectivity index is 1.71. The summed E-state index contributed by atoms with van der Waals surface area (Å²) < 4.78 is 2.93. The number of nitrogens with one attached hydrogen (secondary N) is 1. The third-order valence-corrected chi connectivity index (χ3v) is 4.51. The molecule has 114 valence electrons. The van der Waals surface area contributed by atoms with E-state index in [0.29, 0.717) is 6.42 Å². The quantitative estimate of drug-likeness (QED) is 0.754. The smallest absolute Gasteiger partial charge is 0.263 e. The molecule has 1 unspecified atom stereocenters. The lowest BCUT2D eigenvalue weighted by molar-refractivity contribution is -0.124. The summed E-state index contributed by atoms with van der Waals surface area (Å²) in [6.07, 6.45) is 2.26. The molecule has 6 heteroatoms. The Labute approximate surface area is 141 Å². The molecule has 2 heterocycles. The number of amides is 1. The van der Waals surface area contributed by atoms with E-state index in [-0.39, 0.29) is 11.9 Å². The molecule has 0 fully saturated rings. The first kappa shape index (κ1) is 14.1. The van der Waals surface area contributed by atoms with Gasteiger partial charge >= 0.3 is 0 Å². The van der Waals surface area contributed by atoms with Crippen LogP contribution >= 0.6 is 15.9 Å². The Morgan fingerprint density at radius 2 is 1.91 bits per heavy atom. The highest BCUT2D eigenvalue weighted by molar-refractivity contribution is 9.10. The number of halogens is 1. The predicted octanol–water partition coefficient (Wildman–Crippen LogP) is 3.26. The first-order valence-electron chi connectivity index (χ1n) is 7.26. The van der Waals surface area contributed by atoms with Gasteiger partial charge in [-0.2, -0.15) is 5.10 Å². The van der Waals surface area contributed by atoms with Crippen molar-refractivity contribution < 1.29 is 4.79 Å². The van der Waals surface area contributed by atoms with Crippen molar-refractivity contribution in [2.45, 2.75) is 12.5 Å². The van der Waals surface area contributed by atoms with E-state index in [9.17, 15) is 4.79 Å². The van der Waals surface area contributed by atoms with Gasteiger partial charge in [-0.15, -0.1) is 0 Å². The average Bonchev–Trinajstić information content (AvgIpc) is 3.00. The van der Waals surface area contributed by atoms with Gasteiger partial charge in [0.1, 0.15) is 6.04 Å². The van der Waals surface area contributed by atoms with Crippen molar-refractivity contribution in [1.29, 1.82) is 0 Å². The summed E-state index contributed by atoms with van der Waals surface area (Å²) in [5.41, 5.74) is 6.33. The van der Waals surface area contributed by atoms with E-state index in [0.717, 1.165) is 26.8 Å². The summed E-state index contributed by atoms with van der Waals surface area (Å²) in [5.74, 6) is -0.117. The second-order valence-electron chi connectivity index (χ2n) is 5.40. The van der Waals surface area contributed by atoms with Crippen LogP contribution in [0.1, 0.15) is 18.0 Å². The second kappa shape index (κ2) is 5.62. The van der Waals surface area contributed by atoms with Crippen LogP contribution in [0.15, 0.2) is 64.4 Å². The molecule has 5 nitrogen and oxygen atoms in total. The zero-order chi connectivity index (χ0) is 15.8. The predicted molar refractivity (Wildman–Crippen MR) is 92.2 cm³/mol. The molecular formula is C17H13BrN4O. The minimum absolute atomic E-state index is 0.117. The van der Waals surface area contributed by atoms with Crippen LogP contribution in [0, 0.1) is 0 Å². The number of imidazole rings is 1. The van der Waals surface area contributed by atoms with Gasteiger partial charge in [0.15, 0.2) is 0 Å². The lowest BCUT2D eigenvalue weighted by Gasteiger charge is -2.23. The number of hydrazone groups is 1. The number of carbonyl (C=O) groups is 1. The van der Waals surface area contributed by atoms with E-state index >= 15 is 0 Å². The van der Waals surface area contributed by atoms with Crippen molar-refractivity contribution in [3.63, 3.8) is 0 Å². The number of aromatic nitrogens is 2. The van der Waals surface area contributed by atoms with Crippen LogP contribution in [-0.2, 0) is 4.79 Å². The highest BCUT2D eigenvalue weighted by Gasteiger charge is 2.28. The summed E-state index contributed by atoms with van der Waals surface area (Å²) >= 11 is 3.43. The summed E-state index contributed by atoms with van der Waals surface area (Å²) in [7, 11) is 0. The van der Waals surface area contributed by atoms with E-state index in [1.165, 1.54) is 0 Å². The van der Waals surface area contributed by atoms with Gasteiger partial charge in [0.2, 0.25) is 0 Å². The number of benzene rings is 2. The minimum Gasteiger partial charge on any atom is -0.317 e. The summed E-state index contributed by atoms with van der Waals surface area (Å²) in [4.78, 5) is 16.7. The highest BCUT2D eigenvalue weighted by Crippen LogP contribution is 2.25. The van der Waals surface area contributed by atoms with Crippen LogP contribution in [0.4, 0.5) is 0 Å². The van der Waals surface area contributed by atoms with Crippen molar-refractivity contribution in [3.8, 4) is 0 Å². The third-order valence-electron chi connectivity index (χ3n) is 3.98. The molecule has 1 amide bonds. The van der Waals surface area contributed by atoms with E-state index in [4.69, 9.17) is 0 Å². The van der Waals surface area contributed by atoms with Crippen LogP contribution in [-0.4, -0.2) is 21.2 Å². The largest absolute Gasteiger partial charge is 0.317 e. The Morgan fingerprint density at radius 1 is 1.13 bits per heavy atom. The van der Waals surface area contributed by atoms with Gasteiger partial charge in [-0.1, -0.05) is 40.2 Å². The Hall–Kier alpha value is -2.47.